The molecule has 0 radical (unpaired) electrons. The van der Waals surface area contributed by atoms with E-state index < -0.39 is 0 Å². The fraction of sp³-hybridized carbons (Fsp3) is 0.304. The topological polar surface area (TPSA) is 86.3 Å². The van der Waals surface area contributed by atoms with Crippen LogP contribution in [0.2, 0.25) is 0 Å². The van der Waals surface area contributed by atoms with Crippen LogP contribution in [0.1, 0.15) is 34.2 Å². The fourth-order valence-corrected chi connectivity index (χ4v) is 3.67. The van der Waals surface area contributed by atoms with E-state index in [2.05, 4.69) is 15.2 Å². The van der Waals surface area contributed by atoms with Crippen molar-refractivity contribution < 1.29 is 14.1 Å². The predicted molar refractivity (Wildman–Crippen MR) is 117 cm³/mol. The summed E-state index contributed by atoms with van der Waals surface area (Å²) in [6.45, 7) is 7.12. The van der Waals surface area contributed by atoms with Gasteiger partial charge in [-0.1, -0.05) is 5.16 Å². The molecule has 160 valence electrons. The summed E-state index contributed by atoms with van der Waals surface area (Å²) in [6, 6.07) is 9.31. The molecule has 8 nitrogen and oxygen atoms in total. The third-order valence-corrected chi connectivity index (χ3v) is 5.49. The summed E-state index contributed by atoms with van der Waals surface area (Å²) in [7, 11) is 3.41. The Kier molecular flexibility index (Phi) is 5.46. The third-order valence-electron chi connectivity index (χ3n) is 5.49. The normalized spacial score (nSPS) is 11.1. The van der Waals surface area contributed by atoms with Gasteiger partial charge >= 0.3 is 0 Å². The van der Waals surface area contributed by atoms with Gasteiger partial charge in [0, 0.05) is 37.0 Å². The summed E-state index contributed by atoms with van der Waals surface area (Å²) < 4.78 is 12.6. The van der Waals surface area contributed by atoms with Crippen LogP contribution >= 0.6 is 0 Å². The van der Waals surface area contributed by atoms with Crippen LogP contribution in [0.5, 0.6) is 5.75 Å². The summed E-state index contributed by atoms with van der Waals surface area (Å²) in [5.41, 5.74) is 5.06. The second-order valence-corrected chi connectivity index (χ2v) is 7.46. The Labute approximate surface area is 180 Å². The Hall–Kier alpha value is -3.68. The minimum absolute atomic E-state index is 0.128. The lowest BCUT2D eigenvalue weighted by Gasteiger charge is -2.18. The van der Waals surface area contributed by atoms with E-state index >= 15 is 0 Å². The van der Waals surface area contributed by atoms with Crippen molar-refractivity contribution in [2.75, 3.05) is 14.2 Å². The zero-order valence-corrected chi connectivity index (χ0v) is 18.3. The van der Waals surface area contributed by atoms with Crippen molar-refractivity contribution in [2.45, 2.75) is 33.9 Å². The minimum atomic E-state index is -0.128. The molecule has 0 spiro atoms. The summed E-state index contributed by atoms with van der Waals surface area (Å²) in [5.74, 6) is 0.622. The van der Waals surface area contributed by atoms with Crippen LogP contribution in [0.4, 0.5) is 0 Å². The molecule has 0 atom stereocenters. The van der Waals surface area contributed by atoms with Gasteiger partial charge in [0.15, 0.2) is 0 Å². The highest BCUT2D eigenvalue weighted by molar-refractivity contribution is 6.06. The van der Waals surface area contributed by atoms with Crippen molar-refractivity contribution in [2.24, 2.45) is 0 Å². The number of pyridine rings is 1. The van der Waals surface area contributed by atoms with Crippen LogP contribution in [0.25, 0.3) is 22.4 Å². The van der Waals surface area contributed by atoms with E-state index in [1.54, 1.807) is 25.1 Å². The highest BCUT2D eigenvalue weighted by Crippen LogP contribution is 2.29. The number of ether oxygens (including phenoxy) is 1. The van der Waals surface area contributed by atoms with Gasteiger partial charge in [0.1, 0.15) is 5.75 Å². The number of fused-ring (bicyclic) bond motifs is 1. The van der Waals surface area contributed by atoms with E-state index in [0.717, 1.165) is 29.1 Å². The average molecular weight is 419 g/mol. The molecule has 3 aromatic heterocycles. The molecule has 4 rings (SSSR count). The Morgan fingerprint density at radius 1 is 1.23 bits per heavy atom. The Morgan fingerprint density at radius 3 is 2.61 bits per heavy atom. The van der Waals surface area contributed by atoms with Gasteiger partial charge in [-0.2, -0.15) is 5.10 Å². The molecule has 0 saturated heterocycles. The van der Waals surface area contributed by atoms with Crippen molar-refractivity contribution in [3.05, 3.63) is 59.0 Å². The lowest BCUT2D eigenvalue weighted by Crippen LogP contribution is -2.27. The van der Waals surface area contributed by atoms with Gasteiger partial charge in [-0.3, -0.25) is 9.48 Å². The molecular weight excluding hydrogens is 394 g/mol. The van der Waals surface area contributed by atoms with Crippen molar-refractivity contribution in [1.82, 2.24) is 24.8 Å². The molecule has 0 N–H and O–H groups in total. The van der Waals surface area contributed by atoms with Crippen LogP contribution < -0.4 is 4.74 Å². The van der Waals surface area contributed by atoms with Crippen LogP contribution in [-0.2, 0) is 13.1 Å². The van der Waals surface area contributed by atoms with E-state index in [-0.39, 0.29) is 5.91 Å². The van der Waals surface area contributed by atoms with E-state index in [1.807, 2.05) is 55.9 Å². The Morgan fingerprint density at radius 2 is 1.97 bits per heavy atom. The molecule has 0 aliphatic carbocycles. The van der Waals surface area contributed by atoms with Crippen LogP contribution in [0, 0.1) is 13.8 Å². The summed E-state index contributed by atoms with van der Waals surface area (Å²) >= 11 is 0. The number of amides is 1. The van der Waals surface area contributed by atoms with Crippen molar-refractivity contribution in [3.8, 4) is 17.0 Å². The molecule has 31 heavy (non-hydrogen) atoms. The van der Waals surface area contributed by atoms with E-state index in [1.165, 1.54) is 0 Å². The van der Waals surface area contributed by atoms with Gasteiger partial charge in [-0.25, -0.2) is 4.98 Å². The maximum atomic E-state index is 13.5. The fourth-order valence-electron chi connectivity index (χ4n) is 3.67. The quantitative estimate of drug-likeness (QED) is 0.469. The average Bonchev–Trinajstić information content (AvgIpc) is 3.34. The highest BCUT2D eigenvalue weighted by Gasteiger charge is 2.22. The molecule has 0 unspecified atom stereocenters. The summed E-state index contributed by atoms with van der Waals surface area (Å²) in [4.78, 5) is 19.7. The monoisotopic (exact) mass is 419 g/mol. The number of hydrogen-bond acceptors (Lipinski definition) is 6. The summed E-state index contributed by atoms with van der Waals surface area (Å²) in [6.07, 6.45) is 1.82. The van der Waals surface area contributed by atoms with Crippen LogP contribution in [0.15, 0.2) is 41.1 Å². The first-order chi connectivity index (χ1) is 14.9. The van der Waals surface area contributed by atoms with Gasteiger partial charge in [-0.15, -0.1) is 0 Å². The standard InChI is InChI=1S/C23H25N5O3/c1-6-28-15(3)17(12-24-28)13-27(4)23(29)19-11-20(16-7-9-18(30-5)10-8-16)25-22-21(19)14(2)26-31-22/h7-12H,6,13H2,1-5H3. The first-order valence-corrected chi connectivity index (χ1v) is 10.1. The minimum Gasteiger partial charge on any atom is -0.497 e. The number of methoxy groups -OCH3 is 1. The molecule has 1 aromatic carbocycles. The first-order valence-electron chi connectivity index (χ1n) is 10.1. The van der Waals surface area contributed by atoms with Crippen molar-refractivity contribution >= 4 is 17.0 Å². The lowest BCUT2D eigenvalue weighted by atomic mass is 10.0. The second-order valence-electron chi connectivity index (χ2n) is 7.46. The molecule has 4 aromatic rings. The van der Waals surface area contributed by atoms with Crippen molar-refractivity contribution in [1.29, 1.82) is 0 Å². The van der Waals surface area contributed by atoms with Gasteiger partial charge in [0.05, 0.1) is 35.6 Å². The smallest absolute Gasteiger partial charge is 0.259 e. The summed E-state index contributed by atoms with van der Waals surface area (Å²) in [5, 5.41) is 9.04. The molecular formula is C23H25N5O3. The van der Waals surface area contributed by atoms with E-state index in [9.17, 15) is 4.79 Å². The van der Waals surface area contributed by atoms with Gasteiger partial charge in [-0.05, 0) is 51.1 Å². The Balaban J connectivity index is 1.73. The number of nitrogens with zero attached hydrogens (tertiary/aromatic N) is 5. The molecule has 0 bridgehead atoms. The Bertz CT molecular complexity index is 1240. The number of benzene rings is 1. The first kappa shape index (κ1) is 20.6. The van der Waals surface area contributed by atoms with E-state index in [0.29, 0.717) is 34.6 Å². The van der Waals surface area contributed by atoms with Crippen LogP contribution in [-0.4, -0.2) is 44.9 Å². The zero-order valence-electron chi connectivity index (χ0n) is 18.3. The SMILES string of the molecule is CCn1ncc(CN(C)C(=O)c2cc(-c3ccc(OC)cc3)nc3onc(C)c23)c1C. The van der Waals surface area contributed by atoms with E-state index in [4.69, 9.17) is 9.26 Å². The van der Waals surface area contributed by atoms with Crippen LogP contribution in [0.3, 0.4) is 0 Å². The maximum Gasteiger partial charge on any atom is 0.259 e. The van der Waals surface area contributed by atoms with Crippen molar-refractivity contribution in [3.63, 3.8) is 0 Å². The number of carbonyl (C=O) groups is 1. The molecule has 8 heteroatoms. The molecule has 1 amide bonds. The lowest BCUT2D eigenvalue weighted by molar-refractivity contribution is 0.0786. The number of carbonyl (C=O) groups excluding carboxylic acids is 1. The molecule has 3 heterocycles. The molecule has 0 aliphatic rings. The molecule has 0 saturated carbocycles. The largest absolute Gasteiger partial charge is 0.497 e. The maximum absolute atomic E-state index is 13.5. The molecule has 0 aliphatic heterocycles. The third kappa shape index (κ3) is 3.76. The van der Waals surface area contributed by atoms with Gasteiger partial charge in [0.2, 0.25) is 0 Å². The number of hydrogen-bond donors (Lipinski definition) is 0. The van der Waals surface area contributed by atoms with Gasteiger partial charge in [0.25, 0.3) is 11.6 Å². The number of aryl methyl sites for hydroxylation is 2. The zero-order chi connectivity index (χ0) is 22.1. The number of aromatic nitrogens is 4. The predicted octanol–water partition coefficient (Wildman–Crippen LogP) is 4.00. The second kappa shape index (κ2) is 8.22. The molecule has 0 fully saturated rings. The highest BCUT2D eigenvalue weighted by atomic mass is 16.5. The number of rotatable bonds is 6. The van der Waals surface area contributed by atoms with Gasteiger partial charge < -0.3 is 14.2 Å².